The molecule has 0 aliphatic carbocycles. The summed E-state index contributed by atoms with van der Waals surface area (Å²) < 4.78 is 34.4. The fraction of sp³-hybridized carbons (Fsp3) is 0.333. The minimum absolute atomic E-state index is 0.00672. The standard InChI is InChI=1S/C36H36O19/c37-12-24-28(45)30(47)32(49)35(53-24)55-34-31(48)29(46)25(13-50-26(43)6-3-14-1-4-16(38)5-2-14)54-36(34)52-23-11-18-19(40)9-17(39)10-22(18)51-33(23)15-7-20(41)27(44)21(42)8-15/h1-11,24-25,28-32,34-37,45-49H,12-13H2,(H5-,38,39,40,41,42,43,44)/p+1/t24-,25-,28-,29-,30+,31+,32-,34-,35?,36?/m1/s1. The van der Waals surface area contributed by atoms with Gasteiger partial charge in [0.05, 0.1) is 18.2 Å². The van der Waals surface area contributed by atoms with Crippen molar-refractivity contribution in [2.24, 2.45) is 0 Å². The molecule has 19 nitrogen and oxygen atoms in total. The number of ether oxygens (including phenoxy) is 5. The van der Waals surface area contributed by atoms with Gasteiger partial charge in [0.25, 0.3) is 0 Å². The minimum Gasteiger partial charge on any atom is -0.508 e. The molecule has 2 aliphatic heterocycles. The summed E-state index contributed by atoms with van der Waals surface area (Å²) in [6.07, 6.45) is -15.9. The summed E-state index contributed by atoms with van der Waals surface area (Å²) in [4.78, 5) is 12.6. The number of rotatable bonds is 10. The molecule has 3 aromatic carbocycles. The Bertz CT molecular complexity index is 2010. The largest absolute Gasteiger partial charge is 0.508 e. The van der Waals surface area contributed by atoms with Crippen molar-refractivity contribution in [2.45, 2.75) is 61.4 Å². The highest BCUT2D eigenvalue weighted by Gasteiger charge is 2.52. The van der Waals surface area contributed by atoms with Crippen LogP contribution in [0.5, 0.6) is 40.2 Å². The first kappa shape index (κ1) is 39.2. The molecule has 19 heteroatoms. The fourth-order valence-electron chi connectivity index (χ4n) is 5.91. The Labute approximate surface area is 309 Å². The van der Waals surface area contributed by atoms with Gasteiger partial charge in [-0.2, -0.15) is 0 Å². The highest BCUT2D eigenvalue weighted by Crippen LogP contribution is 2.45. The van der Waals surface area contributed by atoms with E-state index in [-0.39, 0.29) is 33.8 Å². The molecule has 0 amide bonds. The Hall–Kier alpha value is -5.48. The van der Waals surface area contributed by atoms with Gasteiger partial charge in [0.2, 0.25) is 12.0 Å². The van der Waals surface area contributed by atoms with Crippen LogP contribution in [-0.2, 0) is 23.7 Å². The molecule has 55 heavy (non-hydrogen) atoms. The van der Waals surface area contributed by atoms with Gasteiger partial charge in [-0.15, -0.1) is 0 Å². The van der Waals surface area contributed by atoms with Crippen LogP contribution in [0.1, 0.15) is 5.56 Å². The number of aliphatic hydroxyl groups is 6. The lowest BCUT2D eigenvalue weighted by molar-refractivity contribution is -0.357. The van der Waals surface area contributed by atoms with Crippen LogP contribution in [0.4, 0.5) is 0 Å². The number of aliphatic hydroxyl groups excluding tert-OH is 6. The number of phenolic OH excluding ortho intramolecular Hbond substituents is 6. The normalized spacial score (nSPS) is 28.3. The van der Waals surface area contributed by atoms with Gasteiger partial charge in [-0.25, -0.2) is 9.21 Å². The van der Waals surface area contributed by atoms with Gasteiger partial charge in [0.15, 0.2) is 29.6 Å². The molecule has 0 spiro atoms. The summed E-state index contributed by atoms with van der Waals surface area (Å²) >= 11 is 0. The lowest BCUT2D eigenvalue weighted by Crippen LogP contribution is -2.65. The summed E-state index contributed by atoms with van der Waals surface area (Å²) in [6, 6.07) is 11.0. The molecular weight excluding hydrogens is 736 g/mol. The molecule has 2 saturated heterocycles. The average Bonchev–Trinajstić information content (AvgIpc) is 3.15. The van der Waals surface area contributed by atoms with Crippen LogP contribution in [0, 0.1) is 0 Å². The maximum absolute atomic E-state index is 12.6. The van der Waals surface area contributed by atoms with E-state index in [2.05, 4.69) is 0 Å². The second-order valence-corrected chi connectivity index (χ2v) is 12.7. The third kappa shape index (κ3) is 8.29. The van der Waals surface area contributed by atoms with Crippen LogP contribution < -0.4 is 4.74 Å². The highest BCUT2D eigenvalue weighted by atomic mass is 16.8. The Morgan fingerprint density at radius 3 is 2.05 bits per heavy atom. The van der Waals surface area contributed by atoms with Crippen molar-refractivity contribution in [1.29, 1.82) is 0 Å². The van der Waals surface area contributed by atoms with E-state index in [9.17, 15) is 66.1 Å². The van der Waals surface area contributed by atoms with Crippen molar-refractivity contribution in [3.63, 3.8) is 0 Å². The number of esters is 1. The topological polar surface area (TPSA) is 317 Å². The zero-order valence-electron chi connectivity index (χ0n) is 28.3. The van der Waals surface area contributed by atoms with Crippen LogP contribution in [-0.4, -0.2) is 142 Å². The van der Waals surface area contributed by atoms with Crippen molar-refractivity contribution in [2.75, 3.05) is 13.2 Å². The van der Waals surface area contributed by atoms with Crippen molar-refractivity contribution in [3.8, 4) is 51.6 Å². The zero-order chi connectivity index (χ0) is 39.7. The van der Waals surface area contributed by atoms with Crippen LogP contribution in [0.25, 0.3) is 28.4 Å². The second kappa shape index (κ2) is 16.1. The number of hydrogen-bond donors (Lipinski definition) is 12. The van der Waals surface area contributed by atoms with E-state index in [1.165, 1.54) is 36.4 Å². The van der Waals surface area contributed by atoms with Gasteiger partial charge in [0, 0.05) is 30.3 Å². The molecule has 0 radical (unpaired) electrons. The summed E-state index contributed by atoms with van der Waals surface area (Å²) in [5.74, 6) is -5.03. The molecule has 2 unspecified atom stereocenters. The van der Waals surface area contributed by atoms with E-state index >= 15 is 0 Å². The molecule has 6 rings (SSSR count). The third-order valence-corrected chi connectivity index (χ3v) is 8.87. The first-order valence-corrected chi connectivity index (χ1v) is 16.5. The predicted molar refractivity (Wildman–Crippen MR) is 182 cm³/mol. The van der Waals surface area contributed by atoms with Crippen molar-refractivity contribution >= 4 is 23.0 Å². The van der Waals surface area contributed by atoms with Gasteiger partial charge in [0.1, 0.15) is 72.0 Å². The Balaban J connectivity index is 1.36. The molecule has 294 valence electrons. The average molecular weight is 774 g/mol. The molecular formula is C36H37O19+. The van der Waals surface area contributed by atoms with Crippen molar-refractivity contribution < 1.29 is 94.2 Å². The molecule has 0 bridgehead atoms. The molecule has 3 heterocycles. The van der Waals surface area contributed by atoms with Crippen LogP contribution >= 0.6 is 0 Å². The van der Waals surface area contributed by atoms with Crippen LogP contribution in [0.3, 0.4) is 0 Å². The number of benzene rings is 3. The van der Waals surface area contributed by atoms with E-state index < -0.39 is 109 Å². The number of carbonyl (C=O) groups excluding carboxylic acids is 1. The summed E-state index contributed by atoms with van der Waals surface area (Å²) in [6.45, 7) is -1.53. The predicted octanol–water partition coefficient (Wildman–Crippen LogP) is -0.118. The lowest BCUT2D eigenvalue weighted by Gasteiger charge is -2.45. The first-order valence-electron chi connectivity index (χ1n) is 16.5. The fourth-order valence-corrected chi connectivity index (χ4v) is 5.91. The van der Waals surface area contributed by atoms with Gasteiger partial charge < -0.3 is 85.0 Å². The smallest absolute Gasteiger partial charge is 0.402 e. The molecule has 2 aliphatic rings. The monoisotopic (exact) mass is 773 g/mol. The molecule has 4 aromatic rings. The second-order valence-electron chi connectivity index (χ2n) is 12.7. The highest BCUT2D eigenvalue weighted by molar-refractivity contribution is 5.89. The summed E-state index contributed by atoms with van der Waals surface area (Å²) in [5.41, 5.74) is 0.237. The van der Waals surface area contributed by atoms with Gasteiger partial charge in [-0.05, 0) is 23.8 Å². The number of aromatic hydroxyl groups is 6. The maximum atomic E-state index is 12.6. The Morgan fingerprint density at radius 2 is 1.38 bits per heavy atom. The van der Waals surface area contributed by atoms with Gasteiger partial charge in [-0.1, -0.05) is 12.1 Å². The molecule has 0 saturated carbocycles. The lowest BCUT2D eigenvalue weighted by atomic mass is 9.97. The van der Waals surface area contributed by atoms with Crippen molar-refractivity contribution in [3.05, 3.63) is 66.2 Å². The van der Waals surface area contributed by atoms with E-state index in [0.29, 0.717) is 5.56 Å². The number of fused-ring (bicyclic) bond motifs is 1. The van der Waals surface area contributed by atoms with E-state index in [1.807, 2.05) is 0 Å². The molecule has 12 N–H and O–H groups in total. The zero-order valence-corrected chi connectivity index (χ0v) is 28.3. The maximum Gasteiger partial charge on any atom is 0.402 e. The molecule has 10 atom stereocenters. The quantitative estimate of drug-likeness (QED) is 0.0433. The van der Waals surface area contributed by atoms with Gasteiger partial charge in [-0.3, -0.25) is 0 Å². The number of phenols is 6. The van der Waals surface area contributed by atoms with Crippen LogP contribution in [0.2, 0.25) is 0 Å². The van der Waals surface area contributed by atoms with E-state index in [0.717, 1.165) is 30.3 Å². The van der Waals surface area contributed by atoms with Crippen LogP contribution in [0.15, 0.2) is 65.1 Å². The summed E-state index contributed by atoms with van der Waals surface area (Å²) in [5, 5.41) is 124. The SMILES string of the molecule is O=C(/C=C/c1ccc(O)cc1)OC[C@H]1OC(Oc2cc3c(O)cc(O)cc3[o+]c2-c2cc(O)c(O)c(O)c2)[C@H](OC2O[C@H](CO)[C@@H](O)[C@H](O)[C@H]2O)[C@@H](O)[C@@H]1O. The Morgan fingerprint density at radius 1 is 0.727 bits per heavy atom. The number of hydrogen-bond acceptors (Lipinski definition) is 18. The first-order chi connectivity index (χ1) is 26.1. The molecule has 1 aromatic heterocycles. The van der Waals surface area contributed by atoms with E-state index in [1.54, 1.807) is 0 Å². The van der Waals surface area contributed by atoms with Crippen molar-refractivity contribution in [1.82, 2.24) is 0 Å². The Kier molecular flexibility index (Phi) is 11.5. The van der Waals surface area contributed by atoms with E-state index in [4.69, 9.17) is 28.1 Å². The third-order valence-electron chi connectivity index (χ3n) is 8.87. The summed E-state index contributed by atoms with van der Waals surface area (Å²) in [7, 11) is 0. The molecule has 2 fully saturated rings. The number of carbonyl (C=O) groups is 1. The van der Waals surface area contributed by atoms with Gasteiger partial charge >= 0.3 is 17.3 Å². The minimum atomic E-state index is -2.02.